The van der Waals surface area contributed by atoms with Gasteiger partial charge in [0, 0.05) is 20.1 Å². The van der Waals surface area contributed by atoms with E-state index in [0.717, 1.165) is 24.8 Å². The molecule has 2 aromatic rings. The number of nitrogens with zero attached hydrogens (tertiary/aromatic N) is 2. The molecule has 0 unspecified atom stereocenters. The van der Waals surface area contributed by atoms with Crippen LogP contribution in [0.15, 0.2) is 52.1 Å². The summed E-state index contributed by atoms with van der Waals surface area (Å²) in [6.07, 6.45) is 7.08. The topological polar surface area (TPSA) is 52.8 Å². The van der Waals surface area contributed by atoms with E-state index in [-0.39, 0.29) is 0 Å². The molecule has 1 fully saturated rings. The minimum absolute atomic E-state index is 0.627. The Kier molecular flexibility index (Phi) is 7.14. The molecular weight excluding hydrogens is 324 g/mol. The Hall–Kier alpha value is -2.27. The van der Waals surface area contributed by atoms with Crippen LogP contribution in [0.5, 0.6) is 0 Å². The van der Waals surface area contributed by atoms with Gasteiger partial charge in [0.25, 0.3) is 0 Å². The normalized spacial score (nSPS) is 16.3. The zero-order valence-electron chi connectivity index (χ0n) is 15.7. The van der Waals surface area contributed by atoms with Crippen molar-refractivity contribution >= 4 is 5.96 Å². The molecular formula is C21H30N4O. The SMILES string of the molecule is CN=C(NCc1ccco1)NCc1ccccc1CN1CCCCCC1. The lowest BCUT2D eigenvalue weighted by molar-refractivity contribution is 0.276. The molecule has 1 aliphatic heterocycles. The maximum absolute atomic E-state index is 5.35. The molecule has 0 amide bonds. The van der Waals surface area contributed by atoms with E-state index in [0.29, 0.717) is 6.54 Å². The second kappa shape index (κ2) is 10.0. The van der Waals surface area contributed by atoms with Crippen LogP contribution in [0.4, 0.5) is 0 Å². The van der Waals surface area contributed by atoms with Crippen LogP contribution < -0.4 is 10.6 Å². The molecule has 2 heterocycles. The molecule has 0 bridgehead atoms. The first-order valence-electron chi connectivity index (χ1n) is 9.61. The highest BCUT2D eigenvalue weighted by Crippen LogP contribution is 2.16. The molecule has 5 heteroatoms. The van der Waals surface area contributed by atoms with Gasteiger partial charge in [0.2, 0.25) is 0 Å². The van der Waals surface area contributed by atoms with Crippen molar-refractivity contribution in [1.29, 1.82) is 0 Å². The van der Waals surface area contributed by atoms with Crippen LogP contribution in [0.2, 0.25) is 0 Å². The lowest BCUT2D eigenvalue weighted by Gasteiger charge is -2.22. The third kappa shape index (κ3) is 5.63. The number of rotatable bonds is 6. The number of benzene rings is 1. The number of hydrogen-bond acceptors (Lipinski definition) is 3. The van der Waals surface area contributed by atoms with E-state index in [4.69, 9.17) is 4.42 Å². The van der Waals surface area contributed by atoms with Crippen LogP contribution in [0.3, 0.4) is 0 Å². The van der Waals surface area contributed by atoms with E-state index < -0.39 is 0 Å². The lowest BCUT2D eigenvalue weighted by Crippen LogP contribution is -2.36. The number of guanidine groups is 1. The highest BCUT2D eigenvalue weighted by Gasteiger charge is 2.12. The molecule has 0 aliphatic carbocycles. The van der Waals surface area contributed by atoms with Gasteiger partial charge in [0.05, 0.1) is 12.8 Å². The zero-order chi connectivity index (χ0) is 18.0. The van der Waals surface area contributed by atoms with E-state index in [9.17, 15) is 0 Å². The predicted octanol–water partition coefficient (Wildman–Crippen LogP) is 3.52. The van der Waals surface area contributed by atoms with Crippen molar-refractivity contribution < 1.29 is 4.42 Å². The van der Waals surface area contributed by atoms with Crippen LogP contribution in [0.25, 0.3) is 0 Å². The molecule has 140 valence electrons. The fourth-order valence-electron chi connectivity index (χ4n) is 3.40. The summed E-state index contributed by atoms with van der Waals surface area (Å²) in [5.74, 6) is 1.68. The molecule has 1 aliphatic rings. The third-order valence-electron chi connectivity index (χ3n) is 4.89. The van der Waals surface area contributed by atoms with Crippen LogP contribution in [0, 0.1) is 0 Å². The highest BCUT2D eigenvalue weighted by atomic mass is 16.3. The van der Waals surface area contributed by atoms with Crippen molar-refractivity contribution in [2.24, 2.45) is 4.99 Å². The van der Waals surface area contributed by atoms with Gasteiger partial charge < -0.3 is 15.1 Å². The zero-order valence-corrected chi connectivity index (χ0v) is 15.7. The Labute approximate surface area is 156 Å². The molecule has 0 saturated carbocycles. The molecule has 0 atom stereocenters. The minimum atomic E-state index is 0.627. The summed E-state index contributed by atoms with van der Waals surface area (Å²) in [5.41, 5.74) is 2.74. The van der Waals surface area contributed by atoms with Crippen molar-refractivity contribution in [3.8, 4) is 0 Å². The van der Waals surface area contributed by atoms with Crippen molar-refractivity contribution in [2.75, 3.05) is 20.1 Å². The average molecular weight is 354 g/mol. The molecule has 1 aromatic carbocycles. The van der Waals surface area contributed by atoms with E-state index in [2.05, 4.69) is 44.8 Å². The third-order valence-corrected chi connectivity index (χ3v) is 4.89. The Morgan fingerprint density at radius 3 is 2.38 bits per heavy atom. The van der Waals surface area contributed by atoms with Crippen molar-refractivity contribution in [3.63, 3.8) is 0 Å². The first-order valence-corrected chi connectivity index (χ1v) is 9.61. The van der Waals surface area contributed by atoms with E-state index in [1.807, 2.05) is 12.1 Å². The van der Waals surface area contributed by atoms with Crippen molar-refractivity contribution in [1.82, 2.24) is 15.5 Å². The van der Waals surface area contributed by atoms with Gasteiger partial charge in [0.1, 0.15) is 5.76 Å². The number of hydrogen-bond donors (Lipinski definition) is 2. The van der Waals surface area contributed by atoms with Gasteiger partial charge in [-0.1, -0.05) is 37.1 Å². The standard InChI is InChI=1S/C21H30N4O/c1-22-21(24-16-20-11-8-14-26-20)23-15-18-9-4-5-10-19(18)17-25-12-6-2-3-7-13-25/h4-5,8-11,14H,2-3,6-7,12-13,15-17H2,1H3,(H2,22,23,24). The first-order chi connectivity index (χ1) is 12.8. The largest absolute Gasteiger partial charge is 0.467 e. The van der Waals surface area contributed by atoms with Gasteiger partial charge >= 0.3 is 0 Å². The fourth-order valence-corrected chi connectivity index (χ4v) is 3.40. The van der Waals surface area contributed by atoms with E-state index >= 15 is 0 Å². The van der Waals surface area contributed by atoms with E-state index in [1.165, 1.54) is 49.9 Å². The summed E-state index contributed by atoms with van der Waals surface area (Å²) < 4.78 is 5.35. The quantitative estimate of drug-likeness (QED) is 0.616. The van der Waals surface area contributed by atoms with Gasteiger partial charge in [-0.2, -0.15) is 0 Å². The number of nitrogens with one attached hydrogen (secondary N) is 2. The molecule has 0 radical (unpaired) electrons. The Bertz CT molecular complexity index is 673. The van der Waals surface area contributed by atoms with Gasteiger partial charge in [0.15, 0.2) is 5.96 Å². The number of aliphatic imine (C=N–C) groups is 1. The number of furan rings is 1. The smallest absolute Gasteiger partial charge is 0.191 e. The second-order valence-corrected chi connectivity index (χ2v) is 6.82. The Morgan fingerprint density at radius 2 is 1.69 bits per heavy atom. The second-order valence-electron chi connectivity index (χ2n) is 6.82. The van der Waals surface area contributed by atoms with Crippen LogP contribution >= 0.6 is 0 Å². The summed E-state index contributed by atoms with van der Waals surface area (Å²) in [7, 11) is 1.79. The lowest BCUT2D eigenvalue weighted by atomic mass is 10.1. The van der Waals surface area contributed by atoms with Crippen molar-refractivity contribution in [2.45, 2.75) is 45.3 Å². The maximum atomic E-state index is 5.35. The predicted molar refractivity (Wildman–Crippen MR) is 106 cm³/mol. The van der Waals surface area contributed by atoms with Gasteiger partial charge in [-0.25, -0.2) is 0 Å². The van der Waals surface area contributed by atoms with Crippen LogP contribution in [-0.4, -0.2) is 31.0 Å². The first kappa shape index (κ1) is 18.5. The Morgan fingerprint density at radius 1 is 0.962 bits per heavy atom. The molecule has 3 rings (SSSR count). The monoisotopic (exact) mass is 354 g/mol. The van der Waals surface area contributed by atoms with Gasteiger partial charge in [-0.15, -0.1) is 0 Å². The maximum Gasteiger partial charge on any atom is 0.191 e. The van der Waals surface area contributed by atoms with Crippen LogP contribution in [-0.2, 0) is 19.6 Å². The molecule has 2 N–H and O–H groups in total. The molecule has 1 aromatic heterocycles. The summed E-state index contributed by atoms with van der Waals surface area (Å²) in [6, 6.07) is 12.6. The average Bonchev–Trinajstić information content (AvgIpc) is 3.06. The van der Waals surface area contributed by atoms with Gasteiger partial charge in [-0.3, -0.25) is 9.89 Å². The van der Waals surface area contributed by atoms with Gasteiger partial charge in [-0.05, 0) is 49.2 Å². The van der Waals surface area contributed by atoms with Crippen molar-refractivity contribution in [3.05, 3.63) is 59.5 Å². The Balaban J connectivity index is 1.55. The summed E-state index contributed by atoms with van der Waals surface area (Å²) >= 11 is 0. The molecule has 5 nitrogen and oxygen atoms in total. The summed E-state index contributed by atoms with van der Waals surface area (Å²) in [6.45, 7) is 4.86. The van der Waals surface area contributed by atoms with Crippen LogP contribution in [0.1, 0.15) is 42.6 Å². The fraction of sp³-hybridized carbons (Fsp3) is 0.476. The highest BCUT2D eigenvalue weighted by molar-refractivity contribution is 5.79. The summed E-state index contributed by atoms with van der Waals surface area (Å²) in [4.78, 5) is 6.90. The molecule has 26 heavy (non-hydrogen) atoms. The van der Waals surface area contributed by atoms with E-state index in [1.54, 1.807) is 13.3 Å². The summed E-state index contributed by atoms with van der Waals surface area (Å²) in [5, 5.41) is 6.70. The molecule has 0 spiro atoms. The minimum Gasteiger partial charge on any atom is -0.467 e. The number of likely N-dealkylation sites (tertiary alicyclic amines) is 1. The molecule has 1 saturated heterocycles.